The molecular weight excluding hydrogens is 332 g/mol. The molecule has 2 rings (SSSR count). The van der Waals surface area contributed by atoms with Crippen molar-refractivity contribution in [3.05, 3.63) is 45.4 Å². The molecule has 1 amide bonds. The molecule has 0 bridgehead atoms. The van der Waals surface area contributed by atoms with Crippen LogP contribution in [-0.2, 0) is 17.8 Å². The minimum absolute atomic E-state index is 0.0118. The molecule has 2 aromatic rings. The minimum atomic E-state index is -0.0459. The molecule has 0 unspecified atom stereocenters. The Morgan fingerprint density at radius 1 is 1.43 bits per heavy atom. The van der Waals surface area contributed by atoms with E-state index in [0.717, 1.165) is 24.2 Å². The van der Waals surface area contributed by atoms with Crippen LogP contribution >= 0.6 is 23.8 Å². The monoisotopic (exact) mass is 352 g/mol. The van der Waals surface area contributed by atoms with Gasteiger partial charge in [0, 0.05) is 18.5 Å². The van der Waals surface area contributed by atoms with Gasteiger partial charge >= 0.3 is 0 Å². The summed E-state index contributed by atoms with van der Waals surface area (Å²) in [5.74, 6) is 0.806. The number of benzene rings is 1. The SMILES string of the molecule is CCCc1n[nH]c(=S)n1CC(=O)N(C)[C@@H](C)c1ccc(Cl)cc1. The molecule has 1 aromatic heterocycles. The number of hydrogen-bond donors (Lipinski definition) is 1. The van der Waals surface area contributed by atoms with E-state index in [9.17, 15) is 4.79 Å². The van der Waals surface area contributed by atoms with Crippen LogP contribution in [0, 0.1) is 4.77 Å². The van der Waals surface area contributed by atoms with E-state index in [1.54, 1.807) is 16.5 Å². The van der Waals surface area contributed by atoms with Crippen molar-refractivity contribution in [2.24, 2.45) is 0 Å². The second-order valence-corrected chi connectivity index (χ2v) is 6.34. The first kappa shape index (κ1) is 17.7. The van der Waals surface area contributed by atoms with Gasteiger partial charge in [-0.3, -0.25) is 14.5 Å². The van der Waals surface area contributed by atoms with E-state index in [2.05, 4.69) is 17.1 Å². The highest BCUT2D eigenvalue weighted by molar-refractivity contribution is 7.71. The number of carbonyl (C=O) groups excluding carboxylic acids is 1. The van der Waals surface area contributed by atoms with E-state index in [0.29, 0.717) is 9.79 Å². The number of aromatic amines is 1. The summed E-state index contributed by atoms with van der Waals surface area (Å²) >= 11 is 11.1. The van der Waals surface area contributed by atoms with Gasteiger partial charge in [-0.05, 0) is 43.3 Å². The summed E-state index contributed by atoms with van der Waals surface area (Å²) in [6, 6.07) is 7.48. The van der Waals surface area contributed by atoms with Gasteiger partial charge in [-0.1, -0.05) is 30.7 Å². The molecule has 1 aromatic carbocycles. The smallest absolute Gasteiger partial charge is 0.242 e. The Hall–Kier alpha value is -1.66. The highest BCUT2D eigenvalue weighted by Gasteiger charge is 2.19. The number of halogens is 1. The third kappa shape index (κ3) is 4.20. The van der Waals surface area contributed by atoms with Crippen LogP contribution in [0.4, 0.5) is 0 Å². The highest BCUT2D eigenvalue weighted by atomic mass is 35.5. The summed E-state index contributed by atoms with van der Waals surface area (Å²) in [6.07, 6.45) is 1.74. The molecule has 7 heteroatoms. The first-order valence-electron chi connectivity index (χ1n) is 7.59. The Kier molecular flexibility index (Phi) is 5.96. The topological polar surface area (TPSA) is 53.9 Å². The zero-order valence-corrected chi connectivity index (χ0v) is 15.1. The number of aromatic nitrogens is 3. The number of likely N-dealkylation sites (N-methyl/N-ethyl adjacent to an activating group) is 1. The van der Waals surface area contributed by atoms with E-state index in [1.807, 2.05) is 31.2 Å². The van der Waals surface area contributed by atoms with Gasteiger partial charge in [0.1, 0.15) is 12.4 Å². The van der Waals surface area contributed by atoms with Crippen LogP contribution in [0.5, 0.6) is 0 Å². The minimum Gasteiger partial charge on any atom is -0.337 e. The molecule has 1 N–H and O–H groups in total. The molecule has 0 aliphatic heterocycles. The number of aryl methyl sites for hydroxylation is 1. The molecule has 23 heavy (non-hydrogen) atoms. The number of carbonyl (C=O) groups is 1. The summed E-state index contributed by atoms with van der Waals surface area (Å²) in [7, 11) is 1.80. The number of amides is 1. The van der Waals surface area contributed by atoms with Gasteiger partial charge in [0.15, 0.2) is 4.77 Å². The van der Waals surface area contributed by atoms with E-state index in [1.165, 1.54) is 0 Å². The third-order valence-corrected chi connectivity index (χ3v) is 4.49. The molecule has 0 radical (unpaired) electrons. The number of rotatable bonds is 6. The highest BCUT2D eigenvalue weighted by Crippen LogP contribution is 2.21. The maximum atomic E-state index is 12.6. The predicted octanol–water partition coefficient (Wildman–Crippen LogP) is 3.77. The second kappa shape index (κ2) is 7.75. The lowest BCUT2D eigenvalue weighted by Crippen LogP contribution is -2.33. The zero-order valence-electron chi connectivity index (χ0n) is 13.5. The predicted molar refractivity (Wildman–Crippen MR) is 94.0 cm³/mol. The summed E-state index contributed by atoms with van der Waals surface area (Å²) in [5, 5.41) is 7.64. The molecule has 0 aliphatic rings. The van der Waals surface area contributed by atoms with E-state index < -0.39 is 0 Å². The standard InChI is InChI=1S/C16H21ClN4OS/c1-4-5-14-18-19-16(23)21(14)10-15(22)20(3)11(2)12-6-8-13(17)9-7-12/h6-9,11H,4-5,10H2,1-3H3,(H,19,23)/t11-/m0/s1. The normalized spacial score (nSPS) is 12.2. The Bertz CT molecular complexity index is 722. The molecular formula is C16H21ClN4OS. The van der Waals surface area contributed by atoms with E-state index >= 15 is 0 Å². The van der Waals surface area contributed by atoms with Gasteiger partial charge in [0.25, 0.3) is 0 Å². The quantitative estimate of drug-likeness (QED) is 0.805. The Morgan fingerprint density at radius 3 is 2.70 bits per heavy atom. The van der Waals surface area contributed by atoms with Crippen molar-refractivity contribution in [2.45, 2.75) is 39.3 Å². The van der Waals surface area contributed by atoms with E-state index in [-0.39, 0.29) is 18.5 Å². The van der Waals surface area contributed by atoms with Crippen LogP contribution in [0.15, 0.2) is 24.3 Å². The lowest BCUT2D eigenvalue weighted by atomic mass is 10.1. The van der Waals surface area contributed by atoms with Crippen molar-refractivity contribution in [3.63, 3.8) is 0 Å². The second-order valence-electron chi connectivity index (χ2n) is 5.51. The van der Waals surface area contributed by atoms with Crippen molar-refractivity contribution in [2.75, 3.05) is 7.05 Å². The lowest BCUT2D eigenvalue weighted by molar-refractivity contribution is -0.132. The zero-order chi connectivity index (χ0) is 17.0. The van der Waals surface area contributed by atoms with Crippen LogP contribution in [-0.4, -0.2) is 32.6 Å². The molecule has 0 aliphatic carbocycles. The van der Waals surface area contributed by atoms with Gasteiger partial charge in [0.2, 0.25) is 5.91 Å². The summed E-state index contributed by atoms with van der Waals surface area (Å²) in [5.41, 5.74) is 1.04. The van der Waals surface area contributed by atoms with Crippen molar-refractivity contribution in [1.82, 2.24) is 19.7 Å². The summed E-state index contributed by atoms with van der Waals surface area (Å²) in [6.45, 7) is 4.25. The van der Waals surface area contributed by atoms with Crippen molar-refractivity contribution >= 4 is 29.7 Å². The molecule has 0 saturated carbocycles. The third-order valence-electron chi connectivity index (χ3n) is 3.93. The molecule has 1 atom stereocenters. The molecule has 5 nitrogen and oxygen atoms in total. The molecule has 0 spiro atoms. The van der Waals surface area contributed by atoms with E-state index in [4.69, 9.17) is 23.8 Å². The number of H-pyrrole nitrogens is 1. The first-order chi connectivity index (χ1) is 10.9. The fourth-order valence-corrected chi connectivity index (χ4v) is 2.70. The maximum Gasteiger partial charge on any atom is 0.242 e. The first-order valence-corrected chi connectivity index (χ1v) is 8.37. The number of nitrogens with one attached hydrogen (secondary N) is 1. The van der Waals surface area contributed by atoms with Crippen molar-refractivity contribution in [3.8, 4) is 0 Å². The van der Waals surface area contributed by atoms with Crippen LogP contribution in [0.1, 0.15) is 37.7 Å². The van der Waals surface area contributed by atoms with Gasteiger partial charge in [-0.25, -0.2) is 0 Å². The average molecular weight is 353 g/mol. The molecule has 0 fully saturated rings. The summed E-state index contributed by atoms with van der Waals surface area (Å²) in [4.78, 5) is 14.3. The fourth-order valence-electron chi connectivity index (χ4n) is 2.36. The van der Waals surface area contributed by atoms with Crippen LogP contribution < -0.4 is 0 Å². The number of hydrogen-bond acceptors (Lipinski definition) is 3. The maximum absolute atomic E-state index is 12.6. The van der Waals surface area contributed by atoms with Gasteiger partial charge in [-0.15, -0.1) is 0 Å². The van der Waals surface area contributed by atoms with Crippen LogP contribution in [0.25, 0.3) is 0 Å². The van der Waals surface area contributed by atoms with Crippen molar-refractivity contribution < 1.29 is 4.79 Å². The van der Waals surface area contributed by atoms with Gasteiger partial charge in [-0.2, -0.15) is 5.10 Å². The van der Waals surface area contributed by atoms with Crippen LogP contribution in [0.2, 0.25) is 5.02 Å². The fraction of sp³-hybridized carbons (Fsp3) is 0.438. The van der Waals surface area contributed by atoms with Gasteiger partial charge < -0.3 is 4.90 Å². The van der Waals surface area contributed by atoms with Crippen LogP contribution in [0.3, 0.4) is 0 Å². The Labute approximate surface area is 146 Å². The Balaban J connectivity index is 2.12. The number of nitrogens with zero attached hydrogens (tertiary/aromatic N) is 3. The summed E-state index contributed by atoms with van der Waals surface area (Å²) < 4.78 is 2.25. The Morgan fingerprint density at radius 2 is 2.09 bits per heavy atom. The molecule has 124 valence electrons. The molecule has 0 saturated heterocycles. The molecule has 1 heterocycles. The largest absolute Gasteiger partial charge is 0.337 e. The average Bonchev–Trinajstić information content (AvgIpc) is 2.87. The van der Waals surface area contributed by atoms with Crippen molar-refractivity contribution in [1.29, 1.82) is 0 Å². The lowest BCUT2D eigenvalue weighted by Gasteiger charge is -2.25. The van der Waals surface area contributed by atoms with Gasteiger partial charge in [0.05, 0.1) is 6.04 Å².